The molecule has 0 fully saturated rings. The van der Waals surface area contributed by atoms with E-state index in [1.807, 2.05) is 0 Å². The van der Waals surface area contributed by atoms with E-state index in [0.717, 1.165) is 0 Å². The summed E-state index contributed by atoms with van der Waals surface area (Å²) >= 11 is 5.91. The van der Waals surface area contributed by atoms with E-state index in [1.54, 1.807) is 24.3 Å². The summed E-state index contributed by atoms with van der Waals surface area (Å²) in [5.41, 5.74) is 0.0560. The van der Waals surface area contributed by atoms with Gasteiger partial charge < -0.3 is 14.4 Å². The highest BCUT2D eigenvalue weighted by Gasteiger charge is 2.15. The molecule has 0 heterocycles. The van der Waals surface area contributed by atoms with Gasteiger partial charge in [0.2, 0.25) is 0 Å². The number of para-hydroxylation sites is 1. The maximum atomic E-state index is 12.0. The number of non-ortho nitro benzene ring substituents is 1. The number of hydrogen-bond acceptors (Lipinski definition) is 6. The van der Waals surface area contributed by atoms with Crippen molar-refractivity contribution in [2.24, 2.45) is 0 Å². The van der Waals surface area contributed by atoms with Crippen LogP contribution < -0.4 is 4.74 Å². The fraction of sp³-hybridized carbons (Fsp3) is 0.176. The summed E-state index contributed by atoms with van der Waals surface area (Å²) in [5, 5.41) is 10.9. The Balaban J connectivity index is 1.80. The molecule has 26 heavy (non-hydrogen) atoms. The molecule has 0 bridgehead atoms. The fourth-order valence-corrected chi connectivity index (χ4v) is 2.04. The van der Waals surface area contributed by atoms with E-state index in [1.165, 1.54) is 36.2 Å². The van der Waals surface area contributed by atoms with Gasteiger partial charge in [-0.25, -0.2) is 9.59 Å². The normalized spacial score (nSPS) is 10.1. The summed E-state index contributed by atoms with van der Waals surface area (Å²) in [6.45, 7) is 0.0337. The highest BCUT2D eigenvalue weighted by Crippen LogP contribution is 2.23. The van der Waals surface area contributed by atoms with Gasteiger partial charge in [0.15, 0.2) is 5.75 Å². The lowest BCUT2D eigenvalue weighted by Gasteiger charge is -2.17. The third kappa shape index (κ3) is 5.18. The minimum absolute atomic E-state index is 0.0655. The van der Waals surface area contributed by atoms with Crippen molar-refractivity contribution in [1.29, 1.82) is 0 Å². The van der Waals surface area contributed by atoms with Crippen LogP contribution in [-0.2, 0) is 4.74 Å². The summed E-state index contributed by atoms with van der Waals surface area (Å²) in [7, 11) is 1.49. The molecule has 0 aromatic heterocycles. The van der Waals surface area contributed by atoms with Gasteiger partial charge in [0.1, 0.15) is 6.61 Å². The van der Waals surface area contributed by atoms with Gasteiger partial charge in [0.05, 0.1) is 22.1 Å². The summed E-state index contributed by atoms with van der Waals surface area (Å²) in [4.78, 5) is 35.1. The first kappa shape index (κ1) is 19.2. The molecule has 136 valence electrons. The minimum Gasteiger partial charge on any atom is -0.460 e. The Hall–Kier alpha value is -3.13. The monoisotopic (exact) mass is 378 g/mol. The van der Waals surface area contributed by atoms with Crippen LogP contribution in [0.15, 0.2) is 48.5 Å². The molecule has 0 spiro atoms. The number of nitrogens with zero attached hydrogens (tertiary/aromatic N) is 2. The van der Waals surface area contributed by atoms with Gasteiger partial charge in [-0.05, 0) is 24.3 Å². The van der Waals surface area contributed by atoms with Crippen molar-refractivity contribution in [2.45, 2.75) is 0 Å². The molecule has 2 rings (SSSR count). The third-order valence-electron chi connectivity index (χ3n) is 3.32. The maximum absolute atomic E-state index is 12.0. The first-order valence-electron chi connectivity index (χ1n) is 7.47. The Morgan fingerprint density at radius 2 is 1.81 bits per heavy atom. The summed E-state index contributed by atoms with van der Waals surface area (Å²) in [6.07, 6.45) is -0.649. The second-order valence-electron chi connectivity index (χ2n) is 5.16. The van der Waals surface area contributed by atoms with Crippen molar-refractivity contribution in [3.05, 3.63) is 69.2 Å². The lowest BCUT2D eigenvalue weighted by molar-refractivity contribution is -0.384. The second kappa shape index (κ2) is 8.82. The molecule has 0 saturated carbocycles. The highest BCUT2D eigenvalue weighted by atomic mass is 35.5. The summed E-state index contributed by atoms with van der Waals surface area (Å²) < 4.78 is 10.2. The Morgan fingerprint density at radius 1 is 1.15 bits per heavy atom. The average Bonchev–Trinajstić information content (AvgIpc) is 2.63. The molecule has 1 amide bonds. The molecule has 0 aliphatic rings. The van der Waals surface area contributed by atoms with E-state index < -0.39 is 17.0 Å². The number of hydrogen-bond donors (Lipinski definition) is 0. The van der Waals surface area contributed by atoms with Crippen LogP contribution in [0.5, 0.6) is 5.75 Å². The van der Waals surface area contributed by atoms with Crippen LogP contribution in [0.3, 0.4) is 0 Å². The van der Waals surface area contributed by atoms with Crippen LogP contribution in [-0.4, -0.2) is 42.1 Å². The van der Waals surface area contributed by atoms with Gasteiger partial charge in [-0.3, -0.25) is 10.1 Å². The molecule has 9 heteroatoms. The van der Waals surface area contributed by atoms with Crippen LogP contribution in [0, 0.1) is 10.1 Å². The smallest absolute Gasteiger partial charge is 0.415 e. The number of likely N-dealkylation sites (N-methyl/N-ethyl adjacent to an activating group) is 1. The quantitative estimate of drug-likeness (QED) is 0.433. The molecule has 0 radical (unpaired) electrons. The molecule has 0 aliphatic carbocycles. The van der Waals surface area contributed by atoms with Gasteiger partial charge in [0.25, 0.3) is 5.69 Å². The van der Waals surface area contributed by atoms with Gasteiger partial charge in [0, 0.05) is 19.2 Å². The van der Waals surface area contributed by atoms with Crippen molar-refractivity contribution < 1.29 is 24.0 Å². The first-order chi connectivity index (χ1) is 12.4. The average molecular weight is 379 g/mol. The van der Waals surface area contributed by atoms with E-state index in [2.05, 4.69) is 0 Å². The Labute approximate surface area is 154 Å². The summed E-state index contributed by atoms with van der Waals surface area (Å²) in [5.74, 6) is -0.415. The van der Waals surface area contributed by atoms with Gasteiger partial charge in [-0.15, -0.1) is 0 Å². The van der Waals surface area contributed by atoms with Crippen LogP contribution in [0.25, 0.3) is 0 Å². The molecule has 8 nitrogen and oxygen atoms in total. The molecule has 0 atom stereocenters. The number of nitro groups is 1. The van der Waals surface area contributed by atoms with Gasteiger partial charge in [-0.1, -0.05) is 23.7 Å². The van der Waals surface area contributed by atoms with Crippen molar-refractivity contribution in [2.75, 3.05) is 20.2 Å². The lowest BCUT2D eigenvalue weighted by Crippen LogP contribution is -2.33. The highest BCUT2D eigenvalue weighted by molar-refractivity contribution is 6.32. The van der Waals surface area contributed by atoms with E-state index in [9.17, 15) is 19.7 Å². The fourth-order valence-electron chi connectivity index (χ4n) is 1.87. The standard InChI is InChI=1S/C17H15ClN2O6/c1-19(17(22)26-15-5-3-2-4-14(15)18)10-11-25-16(21)12-6-8-13(9-7-12)20(23)24/h2-9H,10-11H2,1H3. The maximum Gasteiger partial charge on any atom is 0.415 e. The van der Waals surface area contributed by atoms with E-state index in [4.69, 9.17) is 21.1 Å². The molecule has 0 N–H and O–H groups in total. The molecule has 0 aliphatic heterocycles. The number of rotatable bonds is 6. The molecule has 0 saturated heterocycles. The Morgan fingerprint density at radius 3 is 2.42 bits per heavy atom. The number of halogens is 1. The predicted octanol–water partition coefficient (Wildman–Crippen LogP) is 3.54. The van der Waals surface area contributed by atoms with Crippen molar-refractivity contribution in [3.8, 4) is 5.75 Å². The Bertz CT molecular complexity index is 809. The van der Waals surface area contributed by atoms with Crippen molar-refractivity contribution in [3.63, 3.8) is 0 Å². The zero-order chi connectivity index (χ0) is 19.1. The number of benzene rings is 2. The molecular weight excluding hydrogens is 364 g/mol. The first-order valence-corrected chi connectivity index (χ1v) is 7.85. The zero-order valence-corrected chi connectivity index (χ0v) is 14.5. The van der Waals surface area contributed by atoms with Crippen molar-refractivity contribution >= 4 is 29.4 Å². The van der Waals surface area contributed by atoms with Crippen molar-refractivity contribution in [1.82, 2.24) is 4.90 Å². The molecular formula is C17H15ClN2O6. The topological polar surface area (TPSA) is 99.0 Å². The van der Waals surface area contributed by atoms with Crippen LogP contribution in [0.2, 0.25) is 5.02 Å². The third-order valence-corrected chi connectivity index (χ3v) is 3.63. The number of carbonyl (C=O) groups is 2. The summed E-state index contributed by atoms with van der Waals surface area (Å²) in [6, 6.07) is 11.6. The molecule has 2 aromatic carbocycles. The minimum atomic E-state index is -0.649. The van der Waals surface area contributed by atoms with Crippen LogP contribution >= 0.6 is 11.6 Å². The zero-order valence-electron chi connectivity index (χ0n) is 13.8. The Kier molecular flexibility index (Phi) is 6.51. The second-order valence-corrected chi connectivity index (χ2v) is 5.57. The van der Waals surface area contributed by atoms with Crippen LogP contribution in [0.1, 0.15) is 10.4 Å². The number of esters is 1. The number of nitro benzene ring substituents is 1. The number of ether oxygens (including phenoxy) is 2. The lowest BCUT2D eigenvalue weighted by atomic mass is 10.2. The van der Waals surface area contributed by atoms with E-state index >= 15 is 0 Å². The SMILES string of the molecule is CN(CCOC(=O)c1ccc([N+](=O)[O-])cc1)C(=O)Oc1ccccc1Cl. The van der Waals surface area contributed by atoms with E-state index in [0.29, 0.717) is 5.02 Å². The van der Waals surface area contributed by atoms with Gasteiger partial charge >= 0.3 is 12.1 Å². The van der Waals surface area contributed by atoms with E-state index in [-0.39, 0.29) is 30.2 Å². The molecule has 2 aromatic rings. The van der Waals surface area contributed by atoms with Crippen LogP contribution in [0.4, 0.5) is 10.5 Å². The number of carbonyl (C=O) groups excluding carboxylic acids is 2. The van der Waals surface area contributed by atoms with Gasteiger partial charge in [-0.2, -0.15) is 0 Å². The largest absolute Gasteiger partial charge is 0.460 e. The predicted molar refractivity (Wildman–Crippen MR) is 93.5 cm³/mol. The number of amides is 1. The molecule has 0 unspecified atom stereocenters.